The third-order valence-electron chi connectivity index (χ3n) is 5.41. The quantitative estimate of drug-likeness (QED) is 0.261. The lowest BCUT2D eigenvalue weighted by atomic mass is 9.87. The van der Waals surface area contributed by atoms with Crippen LogP contribution in [0, 0.1) is 17.3 Å². The minimum atomic E-state index is 0.294. The van der Waals surface area contributed by atoms with E-state index in [0.29, 0.717) is 17.3 Å². The highest BCUT2D eigenvalue weighted by Crippen LogP contribution is 2.24. The molecule has 2 unspecified atom stereocenters. The Kier molecular flexibility index (Phi) is 32.9. The Hall–Kier alpha value is -1.73. The summed E-state index contributed by atoms with van der Waals surface area (Å²) in [7, 11) is 0. The molecule has 0 aromatic heterocycles. The third kappa shape index (κ3) is 26.7. The SMILES string of the molecule is C=C/C(C)=C/C.CC.CC.CCC(C)(C)C=C/C=C(\C)CC(C)C1\C=C/C=C(C)\C=C\C=C/1.CS. The van der Waals surface area contributed by atoms with E-state index in [1.54, 1.807) is 6.26 Å². The second-order valence-electron chi connectivity index (χ2n) is 8.75. The fraction of sp³-hybridized carbons (Fsp3) is 0.529. The number of rotatable bonds is 7. The van der Waals surface area contributed by atoms with Crippen LogP contribution in [-0.4, -0.2) is 6.26 Å². The Morgan fingerprint density at radius 1 is 1.06 bits per heavy atom. The standard InChI is InChI=1S/C23H34.C6H10.2C2H6.CH4S/c1-7-23(5,6)17-11-14-20(3)18-21(4)22-15-9-8-12-19(2)13-10-16-22;1-4-6(3)5-2;3*1-2/h8-17,21-22H,7,18H2,1-6H3;4-5H,1H2,2-3H3;2*1-2H3;2H,1H3/b12-8+,15-9-,16-10-,17-11?,19-13-,20-14+;6-5+;;;. The molecule has 0 saturated heterocycles. The van der Waals surface area contributed by atoms with Gasteiger partial charge in [0.15, 0.2) is 0 Å². The van der Waals surface area contributed by atoms with Gasteiger partial charge in [0.05, 0.1) is 0 Å². The lowest BCUT2D eigenvalue weighted by Gasteiger charge is -2.18. The summed E-state index contributed by atoms with van der Waals surface area (Å²) in [4.78, 5) is 0. The number of thiol groups is 1. The highest BCUT2D eigenvalue weighted by Gasteiger charge is 2.12. The molecule has 0 aromatic carbocycles. The van der Waals surface area contributed by atoms with Gasteiger partial charge in [-0.2, -0.15) is 12.6 Å². The molecule has 202 valence electrons. The lowest BCUT2D eigenvalue weighted by molar-refractivity contribution is 0.462. The molecule has 0 amide bonds. The second-order valence-corrected chi connectivity index (χ2v) is 8.75. The molecule has 0 bridgehead atoms. The van der Waals surface area contributed by atoms with Crippen molar-refractivity contribution in [2.45, 2.75) is 95.9 Å². The zero-order valence-electron chi connectivity index (χ0n) is 25.7. The molecule has 1 aliphatic rings. The summed E-state index contributed by atoms with van der Waals surface area (Å²) in [6.07, 6.45) is 30.2. The molecule has 0 aliphatic heterocycles. The van der Waals surface area contributed by atoms with Crippen molar-refractivity contribution in [1.82, 2.24) is 0 Å². The van der Waals surface area contributed by atoms with Crippen LogP contribution in [0.15, 0.2) is 96.2 Å². The largest absolute Gasteiger partial charge is 0.183 e. The Labute approximate surface area is 227 Å². The molecule has 0 radical (unpaired) electrons. The average molecular weight is 501 g/mol. The molecule has 1 heteroatoms. The first-order valence-corrected chi connectivity index (χ1v) is 14.3. The maximum absolute atomic E-state index is 3.56. The van der Waals surface area contributed by atoms with Gasteiger partial charge >= 0.3 is 0 Å². The first-order valence-electron chi connectivity index (χ1n) is 13.4. The van der Waals surface area contributed by atoms with Gasteiger partial charge in [0.2, 0.25) is 0 Å². The van der Waals surface area contributed by atoms with E-state index in [9.17, 15) is 0 Å². The molecule has 1 rings (SSSR count). The molecule has 0 spiro atoms. The van der Waals surface area contributed by atoms with E-state index >= 15 is 0 Å². The van der Waals surface area contributed by atoms with Crippen LogP contribution in [0.1, 0.15) is 95.9 Å². The van der Waals surface area contributed by atoms with Crippen LogP contribution in [0.3, 0.4) is 0 Å². The van der Waals surface area contributed by atoms with Crippen LogP contribution in [0.2, 0.25) is 0 Å². The molecule has 0 N–H and O–H groups in total. The molecule has 2 atom stereocenters. The summed E-state index contributed by atoms with van der Waals surface area (Å²) in [5, 5.41) is 0. The van der Waals surface area contributed by atoms with Crippen molar-refractivity contribution < 1.29 is 0 Å². The topological polar surface area (TPSA) is 0 Å². The fourth-order valence-electron chi connectivity index (χ4n) is 2.66. The van der Waals surface area contributed by atoms with Crippen LogP contribution in [0.4, 0.5) is 0 Å². The molecular formula is C34H60S. The van der Waals surface area contributed by atoms with E-state index in [1.165, 1.54) is 23.1 Å². The van der Waals surface area contributed by atoms with Crippen molar-refractivity contribution in [1.29, 1.82) is 0 Å². The zero-order chi connectivity index (χ0) is 28.3. The maximum atomic E-state index is 3.56. The minimum Gasteiger partial charge on any atom is -0.183 e. The summed E-state index contributed by atoms with van der Waals surface area (Å²) in [5.74, 6) is 1.09. The second kappa shape index (κ2) is 28.5. The van der Waals surface area contributed by atoms with Crippen LogP contribution < -0.4 is 0 Å². The predicted molar refractivity (Wildman–Crippen MR) is 173 cm³/mol. The van der Waals surface area contributed by atoms with E-state index in [1.807, 2.05) is 53.7 Å². The van der Waals surface area contributed by atoms with Gasteiger partial charge in [0, 0.05) is 0 Å². The number of hydrogen-bond donors (Lipinski definition) is 1. The van der Waals surface area contributed by atoms with Crippen LogP contribution in [0.25, 0.3) is 0 Å². The Morgan fingerprint density at radius 3 is 2.06 bits per heavy atom. The summed E-state index contributed by atoms with van der Waals surface area (Å²) < 4.78 is 0. The Morgan fingerprint density at radius 2 is 1.60 bits per heavy atom. The minimum absolute atomic E-state index is 0.294. The zero-order valence-corrected chi connectivity index (χ0v) is 26.5. The molecule has 0 nitrogen and oxygen atoms in total. The first kappa shape index (κ1) is 40.4. The van der Waals surface area contributed by atoms with Crippen molar-refractivity contribution in [2.75, 3.05) is 6.26 Å². The molecule has 0 heterocycles. The van der Waals surface area contributed by atoms with Gasteiger partial charge in [0.1, 0.15) is 0 Å². The van der Waals surface area contributed by atoms with E-state index in [2.05, 4.69) is 122 Å². The van der Waals surface area contributed by atoms with Crippen molar-refractivity contribution in [3.63, 3.8) is 0 Å². The van der Waals surface area contributed by atoms with Gasteiger partial charge in [-0.15, -0.1) is 0 Å². The highest BCUT2D eigenvalue weighted by molar-refractivity contribution is 7.79. The van der Waals surface area contributed by atoms with Crippen LogP contribution >= 0.6 is 12.6 Å². The van der Waals surface area contributed by atoms with Crippen molar-refractivity contribution in [2.24, 2.45) is 17.3 Å². The van der Waals surface area contributed by atoms with Crippen molar-refractivity contribution in [3.05, 3.63) is 96.2 Å². The van der Waals surface area contributed by atoms with Gasteiger partial charge in [-0.25, -0.2) is 0 Å². The van der Waals surface area contributed by atoms with E-state index in [4.69, 9.17) is 0 Å². The Bertz CT molecular complexity index is 690. The predicted octanol–water partition coefficient (Wildman–Crippen LogP) is 11.9. The molecular weight excluding hydrogens is 440 g/mol. The van der Waals surface area contributed by atoms with E-state index in [-0.39, 0.29) is 0 Å². The molecule has 1 aliphatic carbocycles. The highest BCUT2D eigenvalue weighted by atomic mass is 32.1. The molecule has 0 aromatic rings. The molecule has 35 heavy (non-hydrogen) atoms. The van der Waals surface area contributed by atoms with Crippen molar-refractivity contribution in [3.8, 4) is 0 Å². The van der Waals surface area contributed by atoms with Crippen molar-refractivity contribution >= 4 is 12.6 Å². The van der Waals surface area contributed by atoms with E-state index in [0.717, 1.165) is 6.42 Å². The van der Waals surface area contributed by atoms with Gasteiger partial charge in [-0.3, -0.25) is 0 Å². The summed E-state index contributed by atoms with van der Waals surface area (Å²) in [6.45, 7) is 29.1. The van der Waals surface area contributed by atoms with Crippen LogP contribution in [0.5, 0.6) is 0 Å². The first-order chi connectivity index (χ1) is 16.6. The van der Waals surface area contributed by atoms with E-state index < -0.39 is 0 Å². The Balaban J connectivity index is -0.000000338. The fourth-order valence-corrected chi connectivity index (χ4v) is 2.66. The summed E-state index contributed by atoms with van der Waals surface area (Å²) in [5.41, 5.74) is 4.26. The van der Waals surface area contributed by atoms with Crippen LogP contribution in [-0.2, 0) is 0 Å². The number of hydrogen-bond acceptors (Lipinski definition) is 1. The molecule has 0 fully saturated rings. The monoisotopic (exact) mass is 500 g/mol. The third-order valence-corrected chi connectivity index (χ3v) is 5.41. The normalized spacial score (nSPS) is 20.5. The maximum Gasteiger partial charge on any atom is -0.00185 e. The van der Waals surface area contributed by atoms with Gasteiger partial charge in [-0.1, -0.05) is 152 Å². The average Bonchev–Trinajstić information content (AvgIpc) is 2.99. The lowest BCUT2D eigenvalue weighted by Crippen LogP contribution is -2.07. The summed E-state index contributed by atoms with van der Waals surface area (Å²) >= 11 is 3.53. The van der Waals surface area contributed by atoms with Gasteiger partial charge in [-0.05, 0) is 64.0 Å². The number of allylic oxidation sites excluding steroid dienone is 15. The smallest absolute Gasteiger partial charge is 0.00185 e. The van der Waals surface area contributed by atoms with Gasteiger partial charge < -0.3 is 0 Å². The van der Waals surface area contributed by atoms with Gasteiger partial charge in [0.25, 0.3) is 0 Å². The summed E-state index contributed by atoms with van der Waals surface area (Å²) in [6, 6.07) is 0. The molecule has 0 saturated carbocycles.